The van der Waals surface area contributed by atoms with E-state index in [0.29, 0.717) is 23.3 Å². The highest BCUT2D eigenvalue weighted by atomic mass is 32.2. The number of amides is 1. The van der Waals surface area contributed by atoms with Crippen LogP contribution in [0.2, 0.25) is 0 Å². The third-order valence-electron chi connectivity index (χ3n) is 2.37. The van der Waals surface area contributed by atoms with Gasteiger partial charge in [-0.1, -0.05) is 17.8 Å². The molecule has 0 aliphatic heterocycles. The number of furan rings is 1. The van der Waals surface area contributed by atoms with Gasteiger partial charge in [0.1, 0.15) is 11.6 Å². The Labute approximate surface area is 118 Å². The van der Waals surface area contributed by atoms with Crippen LogP contribution in [0.15, 0.2) is 34.7 Å². The van der Waals surface area contributed by atoms with Gasteiger partial charge in [0.25, 0.3) is 11.7 Å². The van der Waals surface area contributed by atoms with Crippen LogP contribution in [0.5, 0.6) is 0 Å². The topological polar surface area (TPSA) is 55.1 Å². The van der Waals surface area contributed by atoms with E-state index in [4.69, 9.17) is 4.42 Å². The van der Waals surface area contributed by atoms with Crippen molar-refractivity contribution < 1.29 is 18.0 Å². The van der Waals surface area contributed by atoms with Crippen molar-refractivity contribution in [2.24, 2.45) is 0 Å². The van der Waals surface area contributed by atoms with Crippen LogP contribution in [0.3, 0.4) is 0 Å². The predicted octanol–water partition coefficient (Wildman–Crippen LogP) is 3.69. The molecule has 1 N–H and O–H groups in total. The molecule has 2 rings (SSSR count). The van der Waals surface area contributed by atoms with Crippen molar-refractivity contribution in [2.45, 2.75) is 18.4 Å². The molecule has 0 bridgehead atoms. The monoisotopic (exact) mass is 298 g/mol. The first-order chi connectivity index (χ1) is 9.54. The van der Waals surface area contributed by atoms with Crippen LogP contribution in [0.1, 0.15) is 22.0 Å². The Balaban J connectivity index is 1.99. The lowest BCUT2D eigenvalue weighted by Crippen LogP contribution is -2.12. The molecular weight excluding hydrogens is 286 g/mol. The van der Waals surface area contributed by atoms with Gasteiger partial charge in [-0.05, 0) is 31.2 Å². The lowest BCUT2D eigenvalue weighted by Gasteiger charge is -2.02. The molecule has 0 aliphatic carbocycles. The fourth-order valence-corrected chi connectivity index (χ4v) is 1.96. The zero-order valence-electron chi connectivity index (χ0n) is 10.6. The second kappa shape index (κ2) is 6.51. The van der Waals surface area contributed by atoms with Gasteiger partial charge in [0.05, 0.1) is 5.75 Å². The highest BCUT2D eigenvalue weighted by Crippen LogP contribution is 2.21. The third-order valence-corrected chi connectivity index (χ3v) is 3.07. The van der Waals surface area contributed by atoms with Crippen LogP contribution < -0.4 is 5.32 Å². The van der Waals surface area contributed by atoms with Crippen LogP contribution in [-0.2, 0) is 5.75 Å². The molecule has 7 heteroatoms. The molecule has 0 aliphatic rings. The van der Waals surface area contributed by atoms with Crippen LogP contribution in [-0.4, -0.2) is 16.6 Å². The summed E-state index contributed by atoms with van der Waals surface area (Å²) in [6.45, 7) is 1.81. The Morgan fingerprint density at radius 1 is 1.40 bits per heavy atom. The van der Waals surface area contributed by atoms with Crippen LogP contribution >= 0.6 is 11.8 Å². The van der Waals surface area contributed by atoms with Gasteiger partial charge in [0.2, 0.25) is 0 Å². The largest absolute Gasteiger partial charge is 0.455 e. The average molecular weight is 298 g/mol. The van der Waals surface area contributed by atoms with Gasteiger partial charge in [0, 0.05) is 5.69 Å². The van der Waals surface area contributed by atoms with Crippen molar-refractivity contribution in [2.75, 3.05) is 5.32 Å². The number of anilines is 1. The fraction of sp³-hybridized carbons (Fsp3) is 0.231. The molecule has 0 atom stereocenters. The summed E-state index contributed by atoms with van der Waals surface area (Å²) in [7, 11) is 0. The molecule has 0 saturated heterocycles. The number of hydrogen-bond donors (Lipinski definition) is 1. The molecule has 106 valence electrons. The summed E-state index contributed by atoms with van der Waals surface area (Å²) >= 11 is 0.444. The number of rotatable bonds is 5. The summed E-state index contributed by atoms with van der Waals surface area (Å²) in [4.78, 5) is 16.0. The third kappa shape index (κ3) is 4.06. The summed E-state index contributed by atoms with van der Waals surface area (Å²) in [6.07, 6.45) is 0. The second-order valence-electron chi connectivity index (χ2n) is 3.96. The van der Waals surface area contributed by atoms with Gasteiger partial charge < -0.3 is 9.73 Å². The van der Waals surface area contributed by atoms with Crippen LogP contribution in [0.25, 0.3) is 0 Å². The van der Waals surface area contributed by atoms with E-state index in [2.05, 4.69) is 10.3 Å². The van der Waals surface area contributed by atoms with Crippen LogP contribution in [0.4, 0.5) is 14.6 Å². The minimum atomic E-state index is -2.46. The SMILES string of the molecule is Cc1cccc(NC(=O)c2ccc(CSC(F)F)o2)n1. The van der Waals surface area contributed by atoms with Gasteiger partial charge in [-0.15, -0.1) is 0 Å². The molecular formula is C13H12F2N2O2S. The first kappa shape index (κ1) is 14.5. The molecule has 0 saturated carbocycles. The first-order valence-electron chi connectivity index (χ1n) is 5.78. The normalized spacial score (nSPS) is 10.8. The molecule has 2 heterocycles. The summed E-state index contributed by atoms with van der Waals surface area (Å²) in [6, 6.07) is 8.19. The number of hydrogen-bond acceptors (Lipinski definition) is 4. The number of aryl methyl sites for hydroxylation is 1. The smallest absolute Gasteiger partial charge is 0.292 e. The van der Waals surface area contributed by atoms with Crippen molar-refractivity contribution in [3.05, 3.63) is 47.5 Å². The molecule has 1 amide bonds. The minimum Gasteiger partial charge on any atom is -0.455 e. The van der Waals surface area contributed by atoms with Crippen molar-refractivity contribution >= 4 is 23.5 Å². The van der Waals surface area contributed by atoms with Crippen molar-refractivity contribution in [1.82, 2.24) is 4.98 Å². The molecule has 2 aromatic rings. The highest BCUT2D eigenvalue weighted by Gasteiger charge is 2.13. The lowest BCUT2D eigenvalue weighted by molar-refractivity contribution is 0.0995. The summed E-state index contributed by atoms with van der Waals surface area (Å²) < 4.78 is 29.3. The van der Waals surface area contributed by atoms with E-state index in [1.807, 2.05) is 13.0 Å². The number of pyridine rings is 1. The maximum absolute atomic E-state index is 12.0. The molecule has 20 heavy (non-hydrogen) atoms. The summed E-state index contributed by atoms with van der Waals surface area (Å²) in [5, 5.41) is 2.58. The van der Waals surface area contributed by atoms with Gasteiger partial charge >= 0.3 is 0 Å². The molecule has 0 radical (unpaired) electrons. The lowest BCUT2D eigenvalue weighted by atomic mass is 10.3. The van der Waals surface area contributed by atoms with Crippen molar-refractivity contribution in [1.29, 1.82) is 0 Å². The van der Waals surface area contributed by atoms with Gasteiger partial charge in [-0.3, -0.25) is 4.79 Å². The van der Waals surface area contributed by atoms with E-state index in [-0.39, 0.29) is 11.5 Å². The number of halogens is 2. The predicted molar refractivity (Wildman–Crippen MR) is 72.9 cm³/mol. The maximum Gasteiger partial charge on any atom is 0.292 e. The van der Waals surface area contributed by atoms with E-state index >= 15 is 0 Å². The Morgan fingerprint density at radius 2 is 2.20 bits per heavy atom. The minimum absolute atomic E-state index is 0.0215. The number of nitrogens with one attached hydrogen (secondary N) is 1. The van der Waals surface area contributed by atoms with E-state index in [1.54, 1.807) is 12.1 Å². The molecule has 2 aromatic heterocycles. The van der Waals surface area contributed by atoms with E-state index in [1.165, 1.54) is 12.1 Å². The quantitative estimate of drug-likeness (QED) is 0.914. The van der Waals surface area contributed by atoms with Gasteiger partial charge in [-0.25, -0.2) is 4.98 Å². The van der Waals surface area contributed by atoms with E-state index < -0.39 is 11.7 Å². The number of carbonyl (C=O) groups excluding carboxylic acids is 1. The Bertz CT molecular complexity index is 602. The number of alkyl halides is 2. The Morgan fingerprint density at radius 3 is 2.90 bits per heavy atom. The standard InChI is InChI=1S/C13H12F2N2O2S/c1-8-3-2-4-11(16-8)17-12(18)10-6-5-9(19-10)7-20-13(14)15/h2-6,13H,7H2,1H3,(H,16,17,18). The number of thioether (sulfide) groups is 1. The van der Waals surface area contributed by atoms with Crippen molar-refractivity contribution in [3.63, 3.8) is 0 Å². The fourth-order valence-electron chi connectivity index (χ4n) is 1.51. The van der Waals surface area contributed by atoms with Gasteiger partial charge in [-0.2, -0.15) is 8.78 Å². The maximum atomic E-state index is 12.0. The number of nitrogens with zero attached hydrogens (tertiary/aromatic N) is 1. The average Bonchev–Trinajstić information content (AvgIpc) is 2.85. The molecule has 0 aromatic carbocycles. The zero-order valence-corrected chi connectivity index (χ0v) is 11.4. The van der Waals surface area contributed by atoms with Gasteiger partial charge in [0.15, 0.2) is 5.76 Å². The molecule has 0 spiro atoms. The van der Waals surface area contributed by atoms with Crippen molar-refractivity contribution in [3.8, 4) is 0 Å². The molecule has 0 fully saturated rings. The zero-order chi connectivity index (χ0) is 14.5. The van der Waals surface area contributed by atoms with E-state index in [9.17, 15) is 13.6 Å². The summed E-state index contributed by atoms with van der Waals surface area (Å²) in [5.41, 5.74) is 0.774. The molecule has 4 nitrogen and oxygen atoms in total. The number of aromatic nitrogens is 1. The summed E-state index contributed by atoms with van der Waals surface area (Å²) in [5.74, 6) is -2.09. The molecule has 0 unspecified atom stereocenters. The van der Waals surface area contributed by atoms with E-state index in [0.717, 1.165) is 5.69 Å². The second-order valence-corrected chi connectivity index (χ2v) is 4.93. The Hall–Kier alpha value is -1.89. The van der Waals surface area contributed by atoms with Crippen LogP contribution in [0, 0.1) is 6.92 Å². The number of carbonyl (C=O) groups is 1. The first-order valence-corrected chi connectivity index (χ1v) is 6.83. The highest BCUT2D eigenvalue weighted by molar-refractivity contribution is 7.98. The Kier molecular flexibility index (Phi) is 4.73.